The minimum atomic E-state index is -1.04. The first-order valence-corrected chi connectivity index (χ1v) is 23.6. The molecule has 2 heterocycles. The topological polar surface area (TPSA) is 36.9 Å². The van der Waals surface area contributed by atoms with Crippen molar-refractivity contribution in [1.29, 1.82) is 0 Å². The zero-order valence-electron chi connectivity index (χ0n) is 32.1. The van der Waals surface area contributed by atoms with Crippen molar-refractivity contribution in [3.8, 4) is 34.1 Å². The average Bonchev–Trinajstić information content (AvgIpc) is 4.15. The number of benzene rings is 6. The van der Waals surface area contributed by atoms with Gasteiger partial charge in [0.25, 0.3) is 0 Å². The lowest BCUT2D eigenvalue weighted by Crippen LogP contribution is -2.32. The smallest absolute Gasteiger partial charge is 0.244 e. The van der Waals surface area contributed by atoms with Gasteiger partial charge in [0.1, 0.15) is 0 Å². The van der Waals surface area contributed by atoms with Gasteiger partial charge in [0.05, 0.1) is 0 Å². The van der Waals surface area contributed by atoms with Gasteiger partial charge in [-0.2, -0.15) is 0 Å². The number of rotatable bonds is 9. The van der Waals surface area contributed by atoms with E-state index in [1.807, 2.05) is 0 Å². The minimum absolute atomic E-state index is 0.310. The molecule has 0 saturated heterocycles. The maximum absolute atomic E-state index is 7.32. The van der Waals surface area contributed by atoms with Crippen LogP contribution >= 0.6 is 15.8 Å². The van der Waals surface area contributed by atoms with E-state index in [0.717, 1.165) is 47.0 Å². The summed E-state index contributed by atoms with van der Waals surface area (Å²) in [4.78, 5) is 0. The normalized spacial score (nSPS) is 26.7. The highest BCUT2D eigenvalue weighted by Crippen LogP contribution is 2.58. The molecule has 0 radical (unpaired) electrons. The number of allylic oxidation sites excluding steroid dienone is 4. The third kappa shape index (κ3) is 5.86. The van der Waals surface area contributed by atoms with Crippen molar-refractivity contribution in [1.82, 2.24) is 0 Å². The summed E-state index contributed by atoms with van der Waals surface area (Å²) in [7, 11) is -2.08. The summed E-state index contributed by atoms with van der Waals surface area (Å²) in [6, 6.07) is 53.1. The summed E-state index contributed by atoms with van der Waals surface area (Å²) in [5.41, 5.74) is 2.14. The van der Waals surface area contributed by atoms with Crippen LogP contribution in [-0.4, -0.2) is 12.6 Å². The van der Waals surface area contributed by atoms with Gasteiger partial charge in [-0.1, -0.05) is 146 Å². The van der Waals surface area contributed by atoms with E-state index in [9.17, 15) is 0 Å². The SMILES string of the molecule is C1=CC2CC1CC2C1Oc2ccc(P(c3ccccc3)c3ccccc3)c(-c3c(P(c4ccccc4)c4ccccc4)ccc4c3OC(C3CC5C=CC3C5)O4)c2O1. The van der Waals surface area contributed by atoms with E-state index >= 15 is 0 Å². The lowest BCUT2D eigenvalue weighted by atomic mass is 9.93. The lowest BCUT2D eigenvalue weighted by Gasteiger charge is -2.28. The molecular formula is C52H44O4P2. The van der Waals surface area contributed by atoms with Crippen molar-refractivity contribution in [2.45, 2.75) is 38.3 Å². The molecule has 6 aliphatic rings. The van der Waals surface area contributed by atoms with Crippen molar-refractivity contribution in [2.24, 2.45) is 35.5 Å². The minimum Gasteiger partial charge on any atom is -0.451 e. The van der Waals surface area contributed by atoms with Gasteiger partial charge < -0.3 is 18.9 Å². The van der Waals surface area contributed by atoms with Gasteiger partial charge >= 0.3 is 0 Å². The summed E-state index contributed by atoms with van der Waals surface area (Å²) in [5.74, 6) is 6.08. The third-order valence-corrected chi connectivity index (χ3v) is 18.3. The molecule has 6 heteroatoms. The molecule has 286 valence electrons. The molecule has 6 aromatic rings. The van der Waals surface area contributed by atoms with Crippen molar-refractivity contribution >= 4 is 47.7 Å². The zero-order valence-corrected chi connectivity index (χ0v) is 33.9. The average molecular weight is 795 g/mol. The summed E-state index contributed by atoms with van der Waals surface area (Å²) in [6.45, 7) is 0. The molecule has 0 N–H and O–H groups in total. The van der Waals surface area contributed by atoms with E-state index in [2.05, 4.69) is 170 Å². The Kier molecular flexibility index (Phi) is 8.59. The standard InChI is InChI=1S/C52H44O4P2/c1-5-13-37(14-6-1)57(38-15-7-2-8-16-38)45-27-25-43-49(55-51(53-43)41-31-33-21-23-35(41)29-33)47(45)48-46(58(39-17-9-3-10-18-39)40-19-11-4-12-20-40)28-26-44-50(48)56-52(54-44)42-32-34-22-24-36(42)30-34/h1-28,33-36,41-42,51-52H,29-32H2. The van der Waals surface area contributed by atoms with E-state index < -0.39 is 15.8 Å². The van der Waals surface area contributed by atoms with Gasteiger partial charge in [0.2, 0.25) is 12.6 Å². The van der Waals surface area contributed by atoms with E-state index in [4.69, 9.17) is 18.9 Å². The Morgan fingerprint density at radius 1 is 0.362 bits per heavy atom. The van der Waals surface area contributed by atoms with Crippen LogP contribution in [0.1, 0.15) is 25.7 Å². The molecule has 0 spiro atoms. The highest BCUT2D eigenvalue weighted by molar-refractivity contribution is 7.80. The molecule has 4 bridgehead atoms. The van der Waals surface area contributed by atoms with Crippen LogP contribution in [0.2, 0.25) is 0 Å². The Hall–Kier alpha value is -5.14. The maximum Gasteiger partial charge on any atom is 0.244 e. The van der Waals surface area contributed by atoms with Crippen molar-refractivity contribution < 1.29 is 18.9 Å². The molecule has 2 aliphatic heterocycles. The fraction of sp³-hybridized carbons (Fsp3) is 0.231. The Balaban J connectivity index is 1.12. The van der Waals surface area contributed by atoms with E-state index in [0.29, 0.717) is 35.5 Å². The molecule has 58 heavy (non-hydrogen) atoms. The molecule has 4 nitrogen and oxygen atoms in total. The van der Waals surface area contributed by atoms with Gasteiger partial charge in [-0.25, -0.2) is 0 Å². The van der Waals surface area contributed by atoms with Crippen LogP contribution in [0.5, 0.6) is 23.0 Å². The Bertz CT molecular complexity index is 2280. The largest absolute Gasteiger partial charge is 0.451 e. The van der Waals surface area contributed by atoms with Crippen molar-refractivity contribution in [3.05, 3.63) is 170 Å². The van der Waals surface area contributed by atoms with Crippen LogP contribution < -0.4 is 50.8 Å². The molecule has 2 fully saturated rings. The highest BCUT2D eigenvalue weighted by Gasteiger charge is 2.48. The van der Waals surface area contributed by atoms with E-state index in [1.54, 1.807) is 0 Å². The zero-order chi connectivity index (χ0) is 38.2. The first kappa shape index (κ1) is 34.9. The van der Waals surface area contributed by atoms with Crippen LogP contribution in [0.4, 0.5) is 0 Å². The van der Waals surface area contributed by atoms with Crippen molar-refractivity contribution in [2.75, 3.05) is 0 Å². The van der Waals surface area contributed by atoms with Gasteiger partial charge in [-0.05, 0) is 121 Å². The Labute approximate surface area is 343 Å². The number of hydrogen-bond donors (Lipinski definition) is 0. The summed E-state index contributed by atoms with van der Waals surface area (Å²) in [6.07, 6.45) is 13.5. The first-order valence-electron chi connectivity index (χ1n) is 20.9. The predicted octanol–water partition coefficient (Wildman–Crippen LogP) is 9.49. The molecule has 2 saturated carbocycles. The number of fused-ring (bicyclic) bond motifs is 6. The summed E-state index contributed by atoms with van der Waals surface area (Å²) < 4.78 is 28.5. The van der Waals surface area contributed by atoms with Gasteiger partial charge in [-0.15, -0.1) is 0 Å². The molecule has 12 rings (SSSR count). The first-order chi connectivity index (χ1) is 28.7. The lowest BCUT2D eigenvalue weighted by molar-refractivity contribution is -0.0141. The third-order valence-electron chi connectivity index (χ3n) is 13.3. The number of ether oxygens (including phenoxy) is 4. The molecule has 4 aliphatic carbocycles. The van der Waals surface area contributed by atoms with E-state index in [-0.39, 0.29) is 12.6 Å². The van der Waals surface area contributed by atoms with Crippen molar-refractivity contribution in [3.63, 3.8) is 0 Å². The van der Waals surface area contributed by atoms with Gasteiger partial charge in [0.15, 0.2) is 23.0 Å². The monoisotopic (exact) mass is 794 g/mol. The van der Waals surface area contributed by atoms with Crippen LogP contribution in [-0.2, 0) is 0 Å². The fourth-order valence-corrected chi connectivity index (χ4v) is 15.6. The molecule has 0 amide bonds. The number of hydrogen-bond acceptors (Lipinski definition) is 4. The maximum atomic E-state index is 7.32. The second-order valence-corrected chi connectivity index (χ2v) is 21.1. The Morgan fingerprint density at radius 3 is 1.03 bits per heavy atom. The van der Waals surface area contributed by atoms with Crippen LogP contribution in [0.3, 0.4) is 0 Å². The molecule has 8 atom stereocenters. The second-order valence-electron chi connectivity index (χ2n) is 16.7. The molecule has 0 aromatic heterocycles. The van der Waals surface area contributed by atoms with Crippen LogP contribution in [0.25, 0.3) is 11.1 Å². The predicted molar refractivity (Wildman–Crippen MR) is 237 cm³/mol. The molecule has 6 aromatic carbocycles. The van der Waals surface area contributed by atoms with Crippen LogP contribution in [0.15, 0.2) is 170 Å². The summed E-state index contributed by atoms with van der Waals surface area (Å²) >= 11 is 0. The quantitative estimate of drug-likeness (QED) is 0.108. The van der Waals surface area contributed by atoms with Crippen LogP contribution in [0, 0.1) is 35.5 Å². The fourth-order valence-electron chi connectivity index (χ4n) is 10.7. The Morgan fingerprint density at radius 2 is 0.724 bits per heavy atom. The van der Waals surface area contributed by atoms with E-state index in [1.165, 1.54) is 44.7 Å². The summed E-state index contributed by atoms with van der Waals surface area (Å²) in [5, 5.41) is 7.58. The molecule has 8 unspecified atom stereocenters. The van der Waals surface area contributed by atoms with Gasteiger partial charge in [0, 0.05) is 23.0 Å². The second kappa shape index (κ2) is 14.3. The van der Waals surface area contributed by atoms with Gasteiger partial charge in [-0.3, -0.25) is 0 Å². The molecular weight excluding hydrogens is 751 g/mol. The highest BCUT2D eigenvalue weighted by atomic mass is 31.1.